The van der Waals surface area contributed by atoms with Crippen molar-refractivity contribution in [2.24, 2.45) is 14.1 Å². The van der Waals surface area contributed by atoms with Gasteiger partial charge in [0.25, 0.3) is 5.56 Å². The van der Waals surface area contributed by atoms with Gasteiger partial charge in [0.2, 0.25) is 0 Å². The summed E-state index contributed by atoms with van der Waals surface area (Å²) in [6.07, 6.45) is 0.890. The first-order chi connectivity index (χ1) is 12.9. The predicted octanol–water partition coefficient (Wildman–Crippen LogP) is 1.06. The molecule has 0 aliphatic carbocycles. The van der Waals surface area contributed by atoms with E-state index in [1.54, 1.807) is 7.05 Å². The highest BCUT2D eigenvalue weighted by Gasteiger charge is 2.26. The largest absolute Gasteiger partial charge is 0.355 e. The van der Waals surface area contributed by atoms with Crippen molar-refractivity contribution < 1.29 is 0 Å². The molecular weight excluding hydrogens is 342 g/mol. The highest BCUT2D eigenvalue weighted by Crippen LogP contribution is 2.20. The highest BCUT2D eigenvalue weighted by atomic mass is 16.2. The van der Waals surface area contributed by atoms with Gasteiger partial charge in [0.15, 0.2) is 5.56 Å². The van der Waals surface area contributed by atoms with E-state index in [9.17, 15) is 14.9 Å². The van der Waals surface area contributed by atoms with Crippen molar-refractivity contribution in [3.05, 3.63) is 62.3 Å². The standard InChI is InChI=1S/C20H25N5O2/c1-15-9-10-24(11-12-25(15)14-16-7-5-4-6-8-16)18-17(13-21)19(26)23(3)20(27)22(18)2/h4-8,15H,9-12,14H2,1-3H3. The van der Waals surface area contributed by atoms with Gasteiger partial charge < -0.3 is 4.90 Å². The molecule has 142 valence electrons. The summed E-state index contributed by atoms with van der Waals surface area (Å²) in [5.41, 5.74) is 0.349. The number of aromatic nitrogens is 2. The summed E-state index contributed by atoms with van der Waals surface area (Å²) >= 11 is 0. The lowest BCUT2D eigenvalue weighted by molar-refractivity contribution is 0.212. The van der Waals surface area contributed by atoms with Gasteiger partial charge in [-0.05, 0) is 18.9 Å². The molecule has 1 aromatic heterocycles. The highest BCUT2D eigenvalue weighted by molar-refractivity contribution is 5.53. The molecule has 0 spiro atoms. The average Bonchev–Trinajstić information content (AvgIpc) is 2.86. The van der Waals surface area contributed by atoms with E-state index >= 15 is 0 Å². The molecule has 1 atom stereocenters. The van der Waals surface area contributed by atoms with Crippen molar-refractivity contribution in [2.45, 2.75) is 25.9 Å². The molecule has 1 fully saturated rings. The lowest BCUT2D eigenvalue weighted by Crippen LogP contribution is -2.43. The third-order valence-corrected chi connectivity index (χ3v) is 5.37. The molecule has 0 saturated carbocycles. The summed E-state index contributed by atoms with van der Waals surface area (Å²) in [5, 5.41) is 9.52. The molecule has 1 aliphatic heterocycles. The number of hydrogen-bond donors (Lipinski definition) is 0. The molecule has 3 rings (SSSR count). The monoisotopic (exact) mass is 367 g/mol. The maximum atomic E-state index is 12.4. The van der Waals surface area contributed by atoms with Crippen LogP contribution in [-0.2, 0) is 20.6 Å². The Morgan fingerprint density at radius 3 is 2.44 bits per heavy atom. The van der Waals surface area contributed by atoms with Crippen LogP contribution in [0.4, 0.5) is 5.82 Å². The normalized spacial score (nSPS) is 18.1. The van der Waals surface area contributed by atoms with E-state index in [1.165, 1.54) is 17.2 Å². The average molecular weight is 367 g/mol. The molecule has 0 radical (unpaired) electrons. The molecule has 0 amide bonds. The van der Waals surface area contributed by atoms with E-state index in [-0.39, 0.29) is 5.56 Å². The number of anilines is 1. The van der Waals surface area contributed by atoms with Gasteiger partial charge in [-0.3, -0.25) is 18.8 Å². The third-order valence-electron chi connectivity index (χ3n) is 5.37. The summed E-state index contributed by atoms with van der Waals surface area (Å²) in [6.45, 7) is 5.20. The Morgan fingerprint density at radius 2 is 1.78 bits per heavy atom. The van der Waals surface area contributed by atoms with Crippen molar-refractivity contribution >= 4 is 5.82 Å². The Kier molecular flexibility index (Phi) is 5.47. The van der Waals surface area contributed by atoms with Gasteiger partial charge in [0.05, 0.1) is 0 Å². The fourth-order valence-corrected chi connectivity index (χ4v) is 3.67. The summed E-state index contributed by atoms with van der Waals surface area (Å²) in [5.74, 6) is 0.430. The molecule has 2 aromatic rings. The van der Waals surface area contributed by atoms with Crippen molar-refractivity contribution in [3.63, 3.8) is 0 Å². The smallest absolute Gasteiger partial charge is 0.332 e. The fourth-order valence-electron chi connectivity index (χ4n) is 3.67. The van der Waals surface area contributed by atoms with Crippen LogP contribution in [0.15, 0.2) is 39.9 Å². The minimum absolute atomic E-state index is 0.0313. The number of nitriles is 1. The van der Waals surface area contributed by atoms with Gasteiger partial charge in [0, 0.05) is 46.3 Å². The van der Waals surface area contributed by atoms with E-state index in [0.29, 0.717) is 24.9 Å². The second-order valence-corrected chi connectivity index (χ2v) is 7.10. The second kappa shape index (κ2) is 7.80. The SMILES string of the molecule is CC1CCN(c2c(C#N)c(=O)n(C)c(=O)n2C)CCN1Cc1ccccc1. The van der Waals surface area contributed by atoms with Crippen molar-refractivity contribution in [1.29, 1.82) is 5.26 Å². The van der Waals surface area contributed by atoms with Gasteiger partial charge in [-0.15, -0.1) is 0 Å². The minimum atomic E-state index is -0.533. The molecular formula is C20H25N5O2. The molecule has 2 heterocycles. The van der Waals surface area contributed by atoms with Gasteiger partial charge in [-0.1, -0.05) is 30.3 Å². The van der Waals surface area contributed by atoms with E-state index < -0.39 is 11.2 Å². The first-order valence-corrected chi connectivity index (χ1v) is 9.17. The van der Waals surface area contributed by atoms with Crippen molar-refractivity contribution in [2.75, 3.05) is 24.5 Å². The van der Waals surface area contributed by atoms with Crippen LogP contribution in [0.1, 0.15) is 24.5 Å². The Bertz CT molecular complexity index is 971. The van der Waals surface area contributed by atoms with E-state index in [2.05, 4.69) is 24.0 Å². The molecule has 1 aliphatic rings. The van der Waals surface area contributed by atoms with Crippen LogP contribution in [-0.4, -0.2) is 39.7 Å². The topological polar surface area (TPSA) is 74.3 Å². The zero-order valence-electron chi connectivity index (χ0n) is 16.1. The first-order valence-electron chi connectivity index (χ1n) is 9.17. The molecule has 1 aromatic carbocycles. The Hall–Kier alpha value is -2.85. The first kappa shape index (κ1) is 18.9. The Balaban J connectivity index is 1.90. The molecule has 0 N–H and O–H groups in total. The van der Waals surface area contributed by atoms with Gasteiger partial charge >= 0.3 is 5.69 Å². The number of nitrogens with zero attached hydrogens (tertiary/aromatic N) is 5. The van der Waals surface area contributed by atoms with Crippen molar-refractivity contribution in [1.82, 2.24) is 14.0 Å². The molecule has 7 nitrogen and oxygen atoms in total. The number of hydrogen-bond acceptors (Lipinski definition) is 5. The second-order valence-electron chi connectivity index (χ2n) is 7.10. The van der Waals surface area contributed by atoms with Crippen LogP contribution in [0.25, 0.3) is 0 Å². The Labute approximate surface area is 158 Å². The lowest BCUT2D eigenvalue weighted by atomic mass is 10.1. The third kappa shape index (κ3) is 3.67. The summed E-state index contributed by atoms with van der Waals surface area (Å²) in [4.78, 5) is 29.1. The minimum Gasteiger partial charge on any atom is -0.355 e. The zero-order chi connectivity index (χ0) is 19.6. The fraction of sp³-hybridized carbons (Fsp3) is 0.450. The van der Waals surface area contributed by atoms with Gasteiger partial charge in [0.1, 0.15) is 11.9 Å². The summed E-state index contributed by atoms with van der Waals surface area (Å²) in [6, 6.07) is 12.7. The van der Waals surface area contributed by atoms with Gasteiger partial charge in [-0.25, -0.2) is 4.79 Å². The van der Waals surface area contributed by atoms with Crippen molar-refractivity contribution in [3.8, 4) is 6.07 Å². The van der Waals surface area contributed by atoms with Gasteiger partial charge in [-0.2, -0.15) is 5.26 Å². The van der Waals surface area contributed by atoms with Crippen LogP contribution in [0.5, 0.6) is 0 Å². The molecule has 7 heteroatoms. The van der Waals surface area contributed by atoms with Crippen LogP contribution in [0.3, 0.4) is 0 Å². The van der Waals surface area contributed by atoms with Crippen LogP contribution in [0, 0.1) is 11.3 Å². The maximum Gasteiger partial charge on any atom is 0.332 e. The molecule has 0 bridgehead atoms. The predicted molar refractivity (Wildman–Crippen MR) is 105 cm³/mol. The lowest BCUT2D eigenvalue weighted by Gasteiger charge is -2.27. The van der Waals surface area contributed by atoms with Crippen LogP contribution < -0.4 is 16.1 Å². The van der Waals surface area contributed by atoms with Crippen LogP contribution in [0.2, 0.25) is 0 Å². The Morgan fingerprint density at radius 1 is 1.07 bits per heavy atom. The van der Waals surface area contributed by atoms with E-state index in [1.807, 2.05) is 29.2 Å². The molecule has 27 heavy (non-hydrogen) atoms. The number of benzene rings is 1. The van der Waals surface area contributed by atoms with E-state index in [4.69, 9.17) is 0 Å². The quantitative estimate of drug-likeness (QED) is 0.811. The molecule has 1 saturated heterocycles. The molecule has 1 unspecified atom stereocenters. The van der Waals surface area contributed by atoms with Crippen LogP contribution >= 0.6 is 0 Å². The zero-order valence-corrected chi connectivity index (χ0v) is 16.1. The number of rotatable bonds is 3. The summed E-state index contributed by atoms with van der Waals surface area (Å²) < 4.78 is 2.40. The maximum absolute atomic E-state index is 12.4. The summed E-state index contributed by atoms with van der Waals surface area (Å²) in [7, 11) is 3.02. The van der Waals surface area contributed by atoms with E-state index in [0.717, 1.165) is 24.1 Å².